The van der Waals surface area contributed by atoms with Crippen LogP contribution in [0.2, 0.25) is 5.02 Å². The summed E-state index contributed by atoms with van der Waals surface area (Å²) in [6.07, 6.45) is -1.62. The molecular weight excluding hydrogens is 499 g/mol. The van der Waals surface area contributed by atoms with Crippen molar-refractivity contribution in [2.75, 3.05) is 26.4 Å². The molecule has 0 aliphatic heterocycles. The van der Waals surface area contributed by atoms with E-state index in [1.54, 1.807) is 30.5 Å². The van der Waals surface area contributed by atoms with Gasteiger partial charge in [0.1, 0.15) is 6.61 Å². The number of benzene rings is 2. The number of para-hydroxylation sites is 2. The Morgan fingerprint density at radius 1 is 1.22 bits per heavy atom. The Morgan fingerprint density at radius 3 is 2.56 bits per heavy atom. The second-order valence-corrected chi connectivity index (χ2v) is 8.82. The largest absolute Gasteiger partial charge is 0.488 e. The Bertz CT molecular complexity index is 1180. The van der Waals surface area contributed by atoms with Crippen LogP contribution in [0.15, 0.2) is 42.6 Å². The van der Waals surface area contributed by atoms with Crippen LogP contribution in [0.3, 0.4) is 0 Å². The van der Waals surface area contributed by atoms with E-state index in [0.29, 0.717) is 47.4 Å². The molecule has 196 valence electrons. The smallest absolute Gasteiger partial charge is 0.422 e. The number of primary amides is 1. The predicted octanol–water partition coefficient (Wildman–Crippen LogP) is 4.32. The fourth-order valence-corrected chi connectivity index (χ4v) is 4.18. The maximum Gasteiger partial charge on any atom is 0.422 e. The van der Waals surface area contributed by atoms with Crippen LogP contribution in [0, 0.1) is 0 Å². The van der Waals surface area contributed by atoms with Crippen LogP contribution in [0.5, 0.6) is 11.5 Å². The highest BCUT2D eigenvalue weighted by molar-refractivity contribution is 6.36. The van der Waals surface area contributed by atoms with E-state index in [4.69, 9.17) is 31.9 Å². The molecule has 0 saturated heterocycles. The zero-order valence-electron chi connectivity index (χ0n) is 19.8. The molecule has 1 unspecified atom stereocenters. The van der Waals surface area contributed by atoms with Crippen molar-refractivity contribution in [3.8, 4) is 11.5 Å². The molecule has 36 heavy (non-hydrogen) atoms. The third-order valence-electron chi connectivity index (χ3n) is 5.44. The summed E-state index contributed by atoms with van der Waals surface area (Å²) in [5.74, 6) is -0.312. The number of rotatable bonds is 13. The van der Waals surface area contributed by atoms with Crippen LogP contribution in [-0.4, -0.2) is 54.2 Å². The zero-order chi connectivity index (χ0) is 26.3. The number of carbonyl (C=O) groups excluding carboxylic acids is 1. The van der Waals surface area contributed by atoms with E-state index in [2.05, 4.69) is 5.32 Å². The number of carbonyl (C=O) groups is 1. The summed E-state index contributed by atoms with van der Waals surface area (Å²) < 4.78 is 49.6. The summed E-state index contributed by atoms with van der Waals surface area (Å²) in [6, 6.07) is 9.85. The van der Waals surface area contributed by atoms with Gasteiger partial charge < -0.3 is 30.2 Å². The van der Waals surface area contributed by atoms with E-state index in [1.807, 2.05) is 17.6 Å². The summed E-state index contributed by atoms with van der Waals surface area (Å²) >= 11 is 6.42. The fourth-order valence-electron chi connectivity index (χ4n) is 3.92. The van der Waals surface area contributed by atoms with Gasteiger partial charge in [-0.05, 0) is 49.6 Å². The summed E-state index contributed by atoms with van der Waals surface area (Å²) in [7, 11) is 0. The molecule has 4 N–H and O–H groups in total. The number of alkyl halides is 3. The van der Waals surface area contributed by atoms with Crippen LogP contribution in [-0.2, 0) is 13.0 Å². The van der Waals surface area contributed by atoms with Gasteiger partial charge in [-0.1, -0.05) is 23.7 Å². The van der Waals surface area contributed by atoms with Crippen molar-refractivity contribution in [2.24, 2.45) is 5.73 Å². The van der Waals surface area contributed by atoms with Crippen molar-refractivity contribution in [3.05, 3.63) is 58.7 Å². The van der Waals surface area contributed by atoms with Gasteiger partial charge in [-0.2, -0.15) is 13.2 Å². The van der Waals surface area contributed by atoms with Crippen molar-refractivity contribution < 1.29 is 32.5 Å². The highest BCUT2D eigenvalue weighted by atomic mass is 35.5. The minimum atomic E-state index is -4.44. The first-order valence-electron chi connectivity index (χ1n) is 11.5. The van der Waals surface area contributed by atoms with Gasteiger partial charge in [-0.15, -0.1) is 0 Å². The number of hydrogen-bond acceptors (Lipinski definition) is 5. The number of hydrogen-bond donors (Lipinski definition) is 3. The molecule has 1 aromatic heterocycles. The van der Waals surface area contributed by atoms with Crippen molar-refractivity contribution in [3.63, 3.8) is 0 Å². The number of nitrogens with two attached hydrogens (primary N) is 1. The van der Waals surface area contributed by atoms with Gasteiger partial charge in [0.05, 0.1) is 16.1 Å². The highest BCUT2D eigenvalue weighted by Gasteiger charge is 2.29. The molecule has 0 fully saturated rings. The average molecular weight is 528 g/mol. The zero-order valence-corrected chi connectivity index (χ0v) is 20.5. The molecule has 2 aromatic carbocycles. The van der Waals surface area contributed by atoms with Crippen LogP contribution in [0.4, 0.5) is 13.2 Å². The lowest BCUT2D eigenvalue weighted by Crippen LogP contribution is -2.32. The number of aliphatic hydroxyl groups is 1. The number of ether oxygens (including phenoxy) is 2. The van der Waals surface area contributed by atoms with Crippen molar-refractivity contribution in [1.82, 2.24) is 9.88 Å². The maximum absolute atomic E-state index is 12.5. The number of aliphatic hydroxyl groups excluding tert-OH is 1. The molecule has 0 spiro atoms. The average Bonchev–Trinajstić information content (AvgIpc) is 3.14. The Morgan fingerprint density at radius 2 is 1.92 bits per heavy atom. The molecule has 0 saturated carbocycles. The van der Waals surface area contributed by atoms with Crippen LogP contribution in [0.25, 0.3) is 10.9 Å². The number of fused-ring (bicyclic) bond motifs is 1. The monoisotopic (exact) mass is 527 g/mol. The molecule has 1 heterocycles. The van der Waals surface area contributed by atoms with Gasteiger partial charge in [-0.3, -0.25) is 4.79 Å². The Labute approximate surface area is 211 Å². The topological polar surface area (TPSA) is 98.7 Å². The summed E-state index contributed by atoms with van der Waals surface area (Å²) in [5.41, 5.74) is 7.52. The fraction of sp³-hybridized carbons (Fsp3) is 0.400. The highest BCUT2D eigenvalue weighted by Crippen LogP contribution is 2.31. The van der Waals surface area contributed by atoms with Crippen molar-refractivity contribution in [1.29, 1.82) is 0 Å². The SMILES string of the molecule is CC(Cc1cc(C(N)=O)c2c(c1)c(Cl)cn2CCCO)NCCOc1ccccc1OCC(F)(F)F. The molecule has 0 radical (unpaired) electrons. The van der Waals surface area contributed by atoms with E-state index in [1.165, 1.54) is 6.07 Å². The number of aromatic nitrogens is 1. The summed E-state index contributed by atoms with van der Waals surface area (Å²) in [5, 5.41) is 13.6. The minimum Gasteiger partial charge on any atom is -0.488 e. The van der Waals surface area contributed by atoms with Gasteiger partial charge in [0.25, 0.3) is 5.91 Å². The first-order valence-corrected chi connectivity index (χ1v) is 11.8. The molecule has 0 bridgehead atoms. The molecular formula is C25H29ClF3N3O4. The number of nitrogens with one attached hydrogen (secondary N) is 1. The standard InChI is InChI=1S/C25H29ClF3N3O4/c1-16(31-7-10-35-21-5-2-3-6-22(21)36-15-25(27,28)29)11-17-12-18-20(26)14-32(8-4-9-33)23(18)19(13-17)24(30)34/h2-3,5-6,12-14,16,31,33H,4,7-11,15H2,1H3,(H2,30,34). The molecule has 1 atom stereocenters. The van der Waals surface area contributed by atoms with Crippen LogP contribution >= 0.6 is 11.6 Å². The van der Waals surface area contributed by atoms with Crippen molar-refractivity contribution >= 4 is 28.4 Å². The molecule has 0 aliphatic carbocycles. The number of nitrogens with zero attached hydrogens (tertiary/aromatic N) is 1. The Hall–Kier alpha value is -2.95. The minimum absolute atomic E-state index is 0.0142. The third kappa shape index (κ3) is 7.52. The maximum atomic E-state index is 12.5. The first-order chi connectivity index (χ1) is 17.1. The molecule has 7 nitrogen and oxygen atoms in total. The Kier molecular flexibility index (Phi) is 9.47. The first kappa shape index (κ1) is 27.6. The van der Waals surface area contributed by atoms with Gasteiger partial charge in [0, 0.05) is 37.3 Å². The second-order valence-electron chi connectivity index (χ2n) is 8.41. The van der Waals surface area contributed by atoms with Gasteiger partial charge >= 0.3 is 6.18 Å². The van der Waals surface area contributed by atoms with E-state index in [0.717, 1.165) is 5.56 Å². The molecule has 11 heteroatoms. The molecule has 0 aliphatic rings. The van der Waals surface area contributed by atoms with Gasteiger partial charge in [0.15, 0.2) is 18.1 Å². The lowest BCUT2D eigenvalue weighted by molar-refractivity contribution is -0.153. The Balaban J connectivity index is 1.60. The number of aryl methyl sites for hydroxylation is 1. The number of amides is 1. The lowest BCUT2D eigenvalue weighted by Gasteiger charge is -2.17. The normalized spacial score (nSPS) is 12.6. The van der Waals surface area contributed by atoms with E-state index >= 15 is 0 Å². The molecule has 3 aromatic rings. The lowest BCUT2D eigenvalue weighted by atomic mass is 10.0. The van der Waals surface area contributed by atoms with Crippen molar-refractivity contribution in [2.45, 2.75) is 38.5 Å². The number of halogens is 4. The van der Waals surface area contributed by atoms with Crippen LogP contribution < -0.4 is 20.5 Å². The van der Waals surface area contributed by atoms with Gasteiger partial charge in [-0.25, -0.2) is 0 Å². The van der Waals surface area contributed by atoms with Crippen LogP contribution in [0.1, 0.15) is 29.3 Å². The predicted molar refractivity (Wildman–Crippen MR) is 132 cm³/mol. The summed E-state index contributed by atoms with van der Waals surface area (Å²) in [6.45, 7) is 1.72. The van der Waals surface area contributed by atoms with E-state index in [-0.39, 0.29) is 30.8 Å². The van der Waals surface area contributed by atoms with E-state index < -0.39 is 18.7 Å². The third-order valence-corrected chi connectivity index (χ3v) is 5.74. The molecule has 3 rings (SSSR count). The summed E-state index contributed by atoms with van der Waals surface area (Å²) in [4.78, 5) is 12.2. The van der Waals surface area contributed by atoms with Gasteiger partial charge in [0.2, 0.25) is 0 Å². The molecule has 1 amide bonds. The quantitative estimate of drug-likeness (QED) is 0.288. The van der Waals surface area contributed by atoms with E-state index in [9.17, 15) is 18.0 Å². The second kappa shape index (κ2) is 12.3.